The summed E-state index contributed by atoms with van der Waals surface area (Å²) in [6, 6.07) is 11.8. The van der Waals surface area contributed by atoms with Crippen molar-refractivity contribution < 1.29 is 27.7 Å². The normalized spacial score (nSPS) is 11.7. The lowest BCUT2D eigenvalue weighted by Gasteiger charge is -2.07. The number of esters is 1. The van der Waals surface area contributed by atoms with Crippen LogP contribution in [0.4, 0.5) is 0 Å². The van der Waals surface area contributed by atoms with Gasteiger partial charge < -0.3 is 18.7 Å². The van der Waals surface area contributed by atoms with Gasteiger partial charge in [0.1, 0.15) is 11.5 Å². The summed E-state index contributed by atoms with van der Waals surface area (Å²) in [6.45, 7) is 1.57. The predicted octanol–water partition coefficient (Wildman–Crippen LogP) is 3.24. The molecule has 0 fully saturated rings. The van der Waals surface area contributed by atoms with Crippen LogP contribution in [-0.4, -0.2) is 40.3 Å². The van der Waals surface area contributed by atoms with Crippen molar-refractivity contribution in [1.82, 2.24) is 10.1 Å². The number of benzene rings is 2. The molecule has 0 aliphatic carbocycles. The zero-order valence-corrected chi connectivity index (χ0v) is 17.0. The van der Waals surface area contributed by atoms with Crippen molar-refractivity contribution in [2.24, 2.45) is 0 Å². The van der Waals surface area contributed by atoms with Crippen LogP contribution in [0.3, 0.4) is 0 Å². The Morgan fingerprint density at radius 3 is 2.66 bits per heavy atom. The minimum absolute atomic E-state index is 0.125. The summed E-state index contributed by atoms with van der Waals surface area (Å²) in [4.78, 5) is 17.1. The van der Waals surface area contributed by atoms with E-state index in [1.165, 1.54) is 7.11 Å². The third-order valence-electron chi connectivity index (χ3n) is 4.06. The second-order valence-corrected chi connectivity index (χ2v) is 7.49. The van der Waals surface area contributed by atoms with E-state index in [0.29, 0.717) is 33.5 Å². The predicted molar refractivity (Wildman–Crippen MR) is 105 cm³/mol. The van der Waals surface area contributed by atoms with Gasteiger partial charge in [0, 0.05) is 11.8 Å². The monoisotopic (exact) mass is 416 g/mol. The maximum Gasteiger partial charge on any atom is 0.339 e. The first-order valence-corrected chi connectivity index (χ1v) is 10.1. The highest BCUT2D eigenvalue weighted by Crippen LogP contribution is 2.31. The molecule has 1 aromatic heterocycles. The third kappa shape index (κ3) is 4.62. The Bertz CT molecular complexity index is 1030. The molecule has 3 aromatic rings. The van der Waals surface area contributed by atoms with Crippen LogP contribution in [0.1, 0.15) is 23.2 Å². The van der Waals surface area contributed by atoms with Gasteiger partial charge in [-0.1, -0.05) is 24.2 Å². The lowest BCUT2D eigenvalue weighted by molar-refractivity contribution is 0.0425. The van der Waals surface area contributed by atoms with Gasteiger partial charge in [-0.05, 0) is 24.3 Å². The van der Waals surface area contributed by atoms with Crippen molar-refractivity contribution in [3.63, 3.8) is 0 Å². The molecular formula is C20H20N2O6S. The van der Waals surface area contributed by atoms with Gasteiger partial charge in [-0.3, -0.25) is 4.21 Å². The van der Waals surface area contributed by atoms with E-state index in [2.05, 4.69) is 10.1 Å². The molecule has 0 radical (unpaired) electrons. The molecule has 0 amide bonds. The standard InChI is InChI=1S/C20H20N2O6S/c1-4-29(24)17-8-6-5-7-15(17)20(23)27-12-18-21-19(22-28-18)14-10-9-13(25-2)11-16(14)26-3/h5-11H,4,12H2,1-3H3. The van der Waals surface area contributed by atoms with Crippen LogP contribution in [0, 0.1) is 0 Å². The molecule has 0 saturated carbocycles. The van der Waals surface area contributed by atoms with E-state index in [1.807, 2.05) is 0 Å². The van der Waals surface area contributed by atoms with Crippen molar-refractivity contribution in [3.05, 3.63) is 53.9 Å². The van der Waals surface area contributed by atoms with Crippen LogP contribution in [-0.2, 0) is 22.1 Å². The van der Waals surface area contributed by atoms with E-state index < -0.39 is 16.8 Å². The first-order valence-electron chi connectivity index (χ1n) is 8.76. The molecule has 9 heteroatoms. The van der Waals surface area contributed by atoms with Crippen molar-refractivity contribution in [2.75, 3.05) is 20.0 Å². The number of hydrogen-bond donors (Lipinski definition) is 0. The zero-order chi connectivity index (χ0) is 20.8. The van der Waals surface area contributed by atoms with Gasteiger partial charge >= 0.3 is 5.97 Å². The minimum atomic E-state index is -1.27. The van der Waals surface area contributed by atoms with Crippen molar-refractivity contribution >= 4 is 16.8 Å². The Morgan fingerprint density at radius 2 is 1.93 bits per heavy atom. The Kier molecular flexibility index (Phi) is 6.61. The number of carbonyl (C=O) groups is 1. The molecule has 1 atom stereocenters. The van der Waals surface area contributed by atoms with Gasteiger partial charge in [-0.2, -0.15) is 4.98 Å². The fraction of sp³-hybridized carbons (Fsp3) is 0.250. The van der Waals surface area contributed by atoms with Gasteiger partial charge in [0.2, 0.25) is 5.82 Å². The molecule has 1 unspecified atom stereocenters. The van der Waals surface area contributed by atoms with Gasteiger partial charge in [-0.15, -0.1) is 0 Å². The molecule has 29 heavy (non-hydrogen) atoms. The smallest absolute Gasteiger partial charge is 0.339 e. The van der Waals surface area contributed by atoms with Crippen molar-refractivity contribution in [3.8, 4) is 22.9 Å². The fourth-order valence-electron chi connectivity index (χ4n) is 2.60. The summed E-state index contributed by atoms with van der Waals surface area (Å²) in [5, 5.41) is 3.91. The van der Waals surface area contributed by atoms with Gasteiger partial charge in [0.25, 0.3) is 5.89 Å². The van der Waals surface area contributed by atoms with Crippen LogP contribution in [0.2, 0.25) is 0 Å². The molecule has 8 nitrogen and oxygen atoms in total. The SMILES string of the molecule is CCS(=O)c1ccccc1C(=O)OCc1nc(-c2ccc(OC)cc2OC)no1. The molecule has 0 aliphatic heterocycles. The highest BCUT2D eigenvalue weighted by Gasteiger charge is 2.19. The quantitative estimate of drug-likeness (QED) is 0.516. The largest absolute Gasteiger partial charge is 0.497 e. The van der Waals surface area contributed by atoms with Crippen LogP contribution < -0.4 is 9.47 Å². The van der Waals surface area contributed by atoms with E-state index >= 15 is 0 Å². The Balaban J connectivity index is 1.74. The summed E-state index contributed by atoms with van der Waals surface area (Å²) >= 11 is 0. The van der Waals surface area contributed by atoms with Crippen LogP contribution in [0.25, 0.3) is 11.4 Å². The van der Waals surface area contributed by atoms with Crippen LogP contribution in [0.5, 0.6) is 11.5 Å². The fourth-order valence-corrected chi connectivity index (χ4v) is 3.54. The second-order valence-electron chi connectivity index (χ2n) is 5.78. The van der Waals surface area contributed by atoms with E-state index in [1.54, 1.807) is 56.5 Å². The number of methoxy groups -OCH3 is 2. The molecule has 0 aliphatic rings. The number of rotatable bonds is 8. The van der Waals surface area contributed by atoms with E-state index in [0.717, 1.165) is 0 Å². The van der Waals surface area contributed by atoms with Crippen LogP contribution >= 0.6 is 0 Å². The highest BCUT2D eigenvalue weighted by atomic mass is 32.2. The first-order chi connectivity index (χ1) is 14.1. The van der Waals surface area contributed by atoms with Crippen molar-refractivity contribution in [2.45, 2.75) is 18.4 Å². The van der Waals surface area contributed by atoms with Gasteiger partial charge in [0.05, 0.1) is 41.0 Å². The summed E-state index contributed by atoms with van der Waals surface area (Å²) in [6.07, 6.45) is 0. The minimum Gasteiger partial charge on any atom is -0.497 e. The number of aromatic nitrogens is 2. The van der Waals surface area contributed by atoms with Crippen LogP contribution in [0.15, 0.2) is 51.9 Å². The maximum absolute atomic E-state index is 12.4. The van der Waals surface area contributed by atoms with E-state index in [-0.39, 0.29) is 18.1 Å². The molecule has 2 aromatic carbocycles. The lowest BCUT2D eigenvalue weighted by Crippen LogP contribution is -2.10. The summed E-state index contributed by atoms with van der Waals surface area (Å²) < 4.78 is 33.1. The third-order valence-corrected chi connectivity index (χ3v) is 5.43. The van der Waals surface area contributed by atoms with Gasteiger partial charge in [-0.25, -0.2) is 4.79 Å². The number of hydrogen-bond acceptors (Lipinski definition) is 8. The number of nitrogens with zero attached hydrogens (tertiary/aromatic N) is 2. The number of carbonyl (C=O) groups excluding carboxylic acids is 1. The maximum atomic E-state index is 12.4. The molecule has 0 N–H and O–H groups in total. The molecular weight excluding hydrogens is 396 g/mol. The lowest BCUT2D eigenvalue weighted by atomic mass is 10.2. The van der Waals surface area contributed by atoms with E-state index in [9.17, 15) is 9.00 Å². The molecule has 1 heterocycles. The highest BCUT2D eigenvalue weighted by molar-refractivity contribution is 7.85. The van der Waals surface area contributed by atoms with Crippen molar-refractivity contribution in [1.29, 1.82) is 0 Å². The second kappa shape index (κ2) is 9.33. The molecule has 0 spiro atoms. The summed E-state index contributed by atoms with van der Waals surface area (Å²) in [5.41, 5.74) is 0.863. The molecule has 3 rings (SSSR count). The zero-order valence-electron chi connectivity index (χ0n) is 16.2. The first kappa shape index (κ1) is 20.5. The molecule has 0 saturated heterocycles. The van der Waals surface area contributed by atoms with Gasteiger partial charge in [0.15, 0.2) is 6.61 Å². The summed E-state index contributed by atoms with van der Waals surface area (Å²) in [5.74, 6) is 1.37. The summed E-state index contributed by atoms with van der Waals surface area (Å²) in [7, 11) is 1.81. The van der Waals surface area contributed by atoms with E-state index in [4.69, 9.17) is 18.7 Å². The average molecular weight is 416 g/mol. The average Bonchev–Trinajstić information content (AvgIpc) is 3.25. The topological polar surface area (TPSA) is 101 Å². The number of ether oxygens (including phenoxy) is 3. The Morgan fingerprint density at radius 1 is 1.14 bits per heavy atom. The molecule has 0 bridgehead atoms. The Labute approximate surface area is 170 Å². The Hall–Kier alpha value is -3.20. The molecule has 152 valence electrons.